The number of hydrogen-bond donors (Lipinski definition) is 1. The van der Waals surface area contributed by atoms with Crippen LogP contribution in [-0.2, 0) is 15.7 Å². The number of alkyl halides is 3. The van der Waals surface area contributed by atoms with Gasteiger partial charge in [0, 0.05) is 38.6 Å². The summed E-state index contributed by atoms with van der Waals surface area (Å²) >= 11 is 0. The van der Waals surface area contributed by atoms with Crippen molar-refractivity contribution in [3.63, 3.8) is 0 Å². The van der Waals surface area contributed by atoms with Crippen molar-refractivity contribution in [3.05, 3.63) is 41.4 Å². The van der Waals surface area contributed by atoms with E-state index in [1.165, 1.54) is 12.1 Å². The highest BCUT2D eigenvalue weighted by molar-refractivity contribution is 5.93. The van der Waals surface area contributed by atoms with Gasteiger partial charge in [0.15, 0.2) is 5.82 Å². The number of carbonyl (C=O) groups is 1. The second-order valence-corrected chi connectivity index (χ2v) is 9.21. The zero-order valence-corrected chi connectivity index (χ0v) is 18.7. The predicted molar refractivity (Wildman–Crippen MR) is 117 cm³/mol. The molecule has 5 nitrogen and oxygen atoms in total. The Morgan fingerprint density at radius 3 is 2.45 bits per heavy atom. The number of carbonyl (C=O) groups excluding carboxylic acids is 1. The third kappa shape index (κ3) is 5.99. The summed E-state index contributed by atoms with van der Waals surface area (Å²) in [5, 5.41) is 3.12. The molecule has 3 aliphatic rings. The van der Waals surface area contributed by atoms with Gasteiger partial charge in [-0.1, -0.05) is 6.07 Å². The number of halogens is 4. The first kappa shape index (κ1) is 23.9. The summed E-state index contributed by atoms with van der Waals surface area (Å²) in [6, 6.07) is 3.70. The lowest BCUT2D eigenvalue weighted by Gasteiger charge is -2.37. The molecule has 0 bridgehead atoms. The van der Waals surface area contributed by atoms with Crippen LogP contribution in [-0.4, -0.2) is 56.2 Å². The van der Waals surface area contributed by atoms with Gasteiger partial charge >= 0.3 is 6.18 Å². The lowest BCUT2D eigenvalue weighted by Crippen LogP contribution is -2.47. The number of anilines is 1. The highest BCUT2D eigenvalue weighted by Gasteiger charge is 2.36. The number of piperazine rings is 1. The Bertz CT molecular complexity index is 858. The largest absolute Gasteiger partial charge is 0.500 e. The molecule has 9 heteroatoms. The van der Waals surface area contributed by atoms with Crippen molar-refractivity contribution >= 4 is 11.6 Å². The van der Waals surface area contributed by atoms with Gasteiger partial charge < -0.3 is 15.0 Å². The van der Waals surface area contributed by atoms with E-state index in [0.717, 1.165) is 50.3 Å². The van der Waals surface area contributed by atoms with Gasteiger partial charge in [-0.05, 0) is 56.7 Å². The molecule has 0 unspecified atom stereocenters. The molecule has 182 valence electrons. The van der Waals surface area contributed by atoms with Crippen LogP contribution < -0.4 is 10.2 Å². The topological polar surface area (TPSA) is 44.8 Å². The molecule has 0 spiro atoms. The monoisotopic (exact) mass is 469 g/mol. The summed E-state index contributed by atoms with van der Waals surface area (Å²) in [7, 11) is 0. The molecule has 1 aromatic rings. The fourth-order valence-corrected chi connectivity index (χ4v) is 4.99. The molecule has 1 aromatic carbocycles. The molecule has 33 heavy (non-hydrogen) atoms. The Morgan fingerprint density at radius 2 is 1.82 bits per heavy atom. The normalized spacial score (nSPS) is 24.4. The van der Waals surface area contributed by atoms with E-state index in [0.29, 0.717) is 45.1 Å². The predicted octanol–water partition coefficient (Wildman–Crippen LogP) is 4.34. The SMILES string of the molecule is O=C(N[C@H]1CC[C@H](CCN2CCN(c3cccc(C(F)(F)F)c3F)CC2)CC1)C1=COCC1. The van der Waals surface area contributed by atoms with E-state index in [1.807, 2.05) is 0 Å². The van der Waals surface area contributed by atoms with Crippen LogP contribution in [0.25, 0.3) is 0 Å². The van der Waals surface area contributed by atoms with Crippen molar-refractivity contribution < 1.29 is 27.1 Å². The fourth-order valence-electron chi connectivity index (χ4n) is 4.99. The van der Waals surface area contributed by atoms with Gasteiger partial charge in [-0.3, -0.25) is 9.69 Å². The molecule has 0 atom stereocenters. The van der Waals surface area contributed by atoms with Gasteiger partial charge in [-0.25, -0.2) is 4.39 Å². The van der Waals surface area contributed by atoms with E-state index < -0.39 is 17.6 Å². The van der Waals surface area contributed by atoms with Crippen LogP contribution >= 0.6 is 0 Å². The summed E-state index contributed by atoms with van der Waals surface area (Å²) in [6.07, 6.45) is 2.73. The van der Waals surface area contributed by atoms with Gasteiger partial charge in [0.25, 0.3) is 5.91 Å². The lowest BCUT2D eigenvalue weighted by atomic mass is 9.84. The highest BCUT2D eigenvalue weighted by atomic mass is 19.4. The number of nitrogens with one attached hydrogen (secondary N) is 1. The molecule has 0 radical (unpaired) electrons. The summed E-state index contributed by atoms with van der Waals surface area (Å²) in [4.78, 5) is 16.2. The van der Waals surface area contributed by atoms with E-state index in [-0.39, 0.29) is 17.6 Å². The highest BCUT2D eigenvalue weighted by Crippen LogP contribution is 2.35. The van der Waals surface area contributed by atoms with E-state index in [4.69, 9.17) is 4.74 Å². The number of ether oxygens (including phenoxy) is 1. The lowest BCUT2D eigenvalue weighted by molar-refractivity contribution is -0.139. The minimum atomic E-state index is -4.69. The molecule has 1 aliphatic carbocycles. The third-order valence-electron chi connectivity index (χ3n) is 7.04. The average Bonchev–Trinajstić information content (AvgIpc) is 3.34. The minimum Gasteiger partial charge on any atom is -0.500 e. The second kappa shape index (κ2) is 10.3. The van der Waals surface area contributed by atoms with Crippen molar-refractivity contribution in [1.82, 2.24) is 10.2 Å². The standard InChI is InChI=1S/C24H31F4N3O2/c25-22-20(24(26,27)28)2-1-3-21(22)31-13-11-30(12-14-31)10-8-17-4-6-19(7-5-17)29-23(32)18-9-15-33-16-18/h1-3,16-17,19H,4-15H2,(H,29,32)/t17-,19-. The van der Waals surface area contributed by atoms with Gasteiger partial charge in [-0.2, -0.15) is 13.2 Å². The van der Waals surface area contributed by atoms with Crippen molar-refractivity contribution in [2.75, 3.05) is 44.2 Å². The molecule has 2 heterocycles. The van der Waals surface area contributed by atoms with Gasteiger partial charge in [0.05, 0.1) is 29.7 Å². The second-order valence-electron chi connectivity index (χ2n) is 9.21. The maximum absolute atomic E-state index is 14.4. The molecule has 0 aromatic heterocycles. The van der Waals surface area contributed by atoms with E-state index in [1.54, 1.807) is 11.2 Å². The number of amides is 1. The van der Waals surface area contributed by atoms with Crippen LogP contribution in [0.15, 0.2) is 30.0 Å². The zero-order valence-electron chi connectivity index (χ0n) is 18.7. The maximum Gasteiger partial charge on any atom is 0.419 e. The van der Waals surface area contributed by atoms with Crippen LogP contribution in [0.2, 0.25) is 0 Å². The van der Waals surface area contributed by atoms with Crippen molar-refractivity contribution in [2.24, 2.45) is 5.92 Å². The van der Waals surface area contributed by atoms with Crippen LogP contribution in [0.3, 0.4) is 0 Å². The average molecular weight is 470 g/mol. The number of benzene rings is 1. The van der Waals surface area contributed by atoms with Crippen molar-refractivity contribution in [2.45, 2.75) is 50.7 Å². The summed E-state index contributed by atoms with van der Waals surface area (Å²) < 4.78 is 58.6. The maximum atomic E-state index is 14.4. The van der Waals surface area contributed by atoms with Gasteiger partial charge in [0.1, 0.15) is 0 Å². The van der Waals surface area contributed by atoms with Crippen LogP contribution in [0, 0.1) is 11.7 Å². The first-order chi connectivity index (χ1) is 15.8. The molecule has 2 aliphatic heterocycles. The number of hydrogen-bond acceptors (Lipinski definition) is 4. The van der Waals surface area contributed by atoms with E-state index >= 15 is 0 Å². The Balaban J connectivity index is 1.18. The van der Waals surface area contributed by atoms with Gasteiger partial charge in [-0.15, -0.1) is 0 Å². The quantitative estimate of drug-likeness (QED) is 0.630. The molecule has 2 fully saturated rings. The first-order valence-electron chi connectivity index (χ1n) is 11.8. The summed E-state index contributed by atoms with van der Waals surface area (Å²) in [6.45, 7) is 3.95. The van der Waals surface area contributed by atoms with E-state index in [9.17, 15) is 22.4 Å². The fraction of sp³-hybridized carbons (Fsp3) is 0.625. The Hall–Kier alpha value is -2.29. The molecule has 1 saturated carbocycles. The van der Waals surface area contributed by atoms with E-state index in [2.05, 4.69) is 10.2 Å². The Morgan fingerprint density at radius 1 is 1.09 bits per heavy atom. The molecular formula is C24H31F4N3O2. The van der Waals surface area contributed by atoms with Crippen molar-refractivity contribution in [1.29, 1.82) is 0 Å². The van der Waals surface area contributed by atoms with Crippen molar-refractivity contribution in [3.8, 4) is 0 Å². The summed E-state index contributed by atoms with van der Waals surface area (Å²) in [5.41, 5.74) is -0.450. The summed E-state index contributed by atoms with van der Waals surface area (Å²) in [5.74, 6) is -0.573. The van der Waals surface area contributed by atoms with Crippen LogP contribution in [0.1, 0.15) is 44.1 Å². The van der Waals surface area contributed by atoms with Gasteiger partial charge in [0.2, 0.25) is 0 Å². The smallest absolute Gasteiger partial charge is 0.419 e. The number of rotatable bonds is 6. The molecule has 4 rings (SSSR count). The van der Waals surface area contributed by atoms with Crippen LogP contribution in [0.4, 0.5) is 23.2 Å². The zero-order chi connectivity index (χ0) is 23.4. The number of nitrogens with zero attached hydrogens (tertiary/aromatic N) is 2. The van der Waals surface area contributed by atoms with Crippen LogP contribution in [0.5, 0.6) is 0 Å². The molecule has 1 amide bonds. The minimum absolute atomic E-state index is 0.00831. The molecule has 1 N–H and O–H groups in total. The third-order valence-corrected chi connectivity index (χ3v) is 7.04. The molecular weight excluding hydrogens is 438 g/mol. The first-order valence-corrected chi connectivity index (χ1v) is 11.8. The molecule has 1 saturated heterocycles. The Kier molecular flexibility index (Phi) is 7.46. The Labute approximate surface area is 191 Å².